The maximum atomic E-state index is 12.1. The van der Waals surface area contributed by atoms with E-state index < -0.39 is 5.76 Å². The van der Waals surface area contributed by atoms with Gasteiger partial charge in [-0.2, -0.15) is 4.98 Å². The lowest BCUT2D eigenvalue weighted by Crippen LogP contribution is -2.17. The molecule has 1 aromatic carbocycles. The Bertz CT molecular complexity index is 1130. The second kappa shape index (κ2) is 7.24. The van der Waals surface area contributed by atoms with Crippen LogP contribution in [-0.2, 0) is 11.3 Å². The summed E-state index contributed by atoms with van der Waals surface area (Å²) in [7, 11) is 0. The Balaban J connectivity index is 1.34. The summed E-state index contributed by atoms with van der Waals surface area (Å²) in [5.74, 6) is 0.00176. The standard InChI is InChI=1S/C18H16N6O3/c25-15(20-17-21-16(22-23-17)12-6-3-4-10-19-12)9-5-11-24-13-7-1-2-8-14(13)27-18(24)26/h1-4,6-8,10H,5,9,11H2,(H2,20,21,22,23,25). The summed E-state index contributed by atoms with van der Waals surface area (Å²) in [5.41, 5.74) is 1.89. The molecule has 2 N–H and O–H groups in total. The molecule has 9 nitrogen and oxygen atoms in total. The number of rotatable bonds is 6. The molecule has 3 heterocycles. The van der Waals surface area contributed by atoms with Crippen molar-refractivity contribution in [1.29, 1.82) is 0 Å². The van der Waals surface area contributed by atoms with Gasteiger partial charge in [-0.05, 0) is 30.7 Å². The van der Waals surface area contributed by atoms with E-state index in [2.05, 4.69) is 25.5 Å². The second-order valence-corrected chi connectivity index (χ2v) is 5.86. The number of amides is 1. The average molecular weight is 364 g/mol. The molecule has 0 aliphatic carbocycles. The van der Waals surface area contributed by atoms with Crippen molar-refractivity contribution < 1.29 is 9.21 Å². The van der Waals surface area contributed by atoms with Gasteiger partial charge in [0.1, 0.15) is 5.69 Å². The first kappa shape index (κ1) is 16.7. The molecule has 0 radical (unpaired) electrons. The fourth-order valence-electron chi connectivity index (χ4n) is 2.75. The lowest BCUT2D eigenvalue weighted by molar-refractivity contribution is -0.116. The Hall–Kier alpha value is -3.75. The van der Waals surface area contributed by atoms with Crippen molar-refractivity contribution in [2.75, 3.05) is 5.32 Å². The van der Waals surface area contributed by atoms with Crippen molar-refractivity contribution in [3.05, 3.63) is 59.2 Å². The number of fused-ring (bicyclic) bond motifs is 1. The minimum Gasteiger partial charge on any atom is -0.408 e. The zero-order chi connectivity index (χ0) is 18.6. The van der Waals surface area contributed by atoms with Gasteiger partial charge in [0.05, 0.1) is 5.52 Å². The molecule has 0 saturated heterocycles. The van der Waals surface area contributed by atoms with Gasteiger partial charge in [-0.1, -0.05) is 18.2 Å². The monoisotopic (exact) mass is 364 g/mol. The number of carbonyl (C=O) groups is 1. The number of oxazole rings is 1. The number of hydrogen-bond acceptors (Lipinski definition) is 6. The average Bonchev–Trinajstić information content (AvgIpc) is 3.27. The summed E-state index contributed by atoms with van der Waals surface area (Å²) in [6.07, 6.45) is 2.35. The summed E-state index contributed by atoms with van der Waals surface area (Å²) in [5, 5.41) is 9.34. The lowest BCUT2D eigenvalue weighted by atomic mass is 10.2. The zero-order valence-corrected chi connectivity index (χ0v) is 14.3. The van der Waals surface area contributed by atoms with Crippen molar-refractivity contribution >= 4 is 23.0 Å². The van der Waals surface area contributed by atoms with Crippen LogP contribution >= 0.6 is 0 Å². The first-order valence-corrected chi connectivity index (χ1v) is 8.43. The molecule has 4 aromatic rings. The van der Waals surface area contributed by atoms with Crippen LogP contribution in [0.25, 0.3) is 22.6 Å². The predicted molar refractivity (Wildman–Crippen MR) is 98.0 cm³/mol. The third kappa shape index (κ3) is 3.61. The van der Waals surface area contributed by atoms with Crippen molar-refractivity contribution in [2.45, 2.75) is 19.4 Å². The molecule has 0 aliphatic heterocycles. The molecule has 0 atom stereocenters. The van der Waals surface area contributed by atoms with Crippen LogP contribution in [0.15, 0.2) is 57.9 Å². The highest BCUT2D eigenvalue weighted by Crippen LogP contribution is 2.14. The van der Waals surface area contributed by atoms with Gasteiger partial charge in [0.25, 0.3) is 0 Å². The van der Waals surface area contributed by atoms with E-state index in [1.807, 2.05) is 18.2 Å². The Labute approximate surface area is 153 Å². The number of nitrogens with one attached hydrogen (secondary N) is 2. The fraction of sp³-hybridized carbons (Fsp3) is 0.167. The lowest BCUT2D eigenvalue weighted by Gasteiger charge is -2.02. The third-order valence-corrected chi connectivity index (χ3v) is 4.00. The summed E-state index contributed by atoms with van der Waals surface area (Å²) in [6.45, 7) is 0.385. The van der Waals surface area contributed by atoms with Gasteiger partial charge in [0.2, 0.25) is 11.9 Å². The molecule has 0 spiro atoms. The number of para-hydroxylation sites is 2. The van der Waals surface area contributed by atoms with E-state index in [9.17, 15) is 9.59 Å². The molecule has 0 unspecified atom stereocenters. The maximum absolute atomic E-state index is 12.1. The summed E-state index contributed by atoms with van der Waals surface area (Å²) in [4.78, 5) is 32.4. The van der Waals surface area contributed by atoms with E-state index in [-0.39, 0.29) is 18.3 Å². The van der Waals surface area contributed by atoms with E-state index in [1.165, 1.54) is 4.57 Å². The van der Waals surface area contributed by atoms with Gasteiger partial charge in [-0.25, -0.2) is 4.79 Å². The van der Waals surface area contributed by atoms with Crippen LogP contribution in [0.2, 0.25) is 0 Å². The molecule has 0 saturated carbocycles. The van der Waals surface area contributed by atoms with Gasteiger partial charge in [-0.3, -0.25) is 24.8 Å². The number of hydrogen-bond donors (Lipinski definition) is 2. The molecule has 136 valence electrons. The smallest absolute Gasteiger partial charge is 0.408 e. The molecule has 0 fully saturated rings. The maximum Gasteiger partial charge on any atom is 0.419 e. The number of H-pyrrole nitrogens is 1. The molecule has 0 aliphatic rings. The van der Waals surface area contributed by atoms with Crippen LogP contribution in [0, 0.1) is 0 Å². The summed E-state index contributed by atoms with van der Waals surface area (Å²) < 4.78 is 6.70. The molecule has 9 heteroatoms. The van der Waals surface area contributed by atoms with E-state index in [1.54, 1.807) is 30.5 Å². The number of pyridine rings is 1. The Kier molecular flexibility index (Phi) is 4.48. The minimum absolute atomic E-state index is 0.187. The molecular weight excluding hydrogens is 348 g/mol. The predicted octanol–water partition coefficient (Wildman–Crippen LogP) is 2.19. The van der Waals surface area contributed by atoms with Gasteiger partial charge in [-0.15, -0.1) is 5.10 Å². The molecule has 27 heavy (non-hydrogen) atoms. The highest BCUT2D eigenvalue weighted by atomic mass is 16.4. The van der Waals surface area contributed by atoms with Crippen molar-refractivity contribution in [3.63, 3.8) is 0 Å². The van der Waals surface area contributed by atoms with Crippen LogP contribution < -0.4 is 11.1 Å². The topological polar surface area (TPSA) is 119 Å². The number of aromatic amines is 1. The van der Waals surface area contributed by atoms with Crippen molar-refractivity contribution in [3.8, 4) is 11.5 Å². The van der Waals surface area contributed by atoms with Crippen LogP contribution in [0.5, 0.6) is 0 Å². The summed E-state index contributed by atoms with van der Waals surface area (Å²) in [6, 6.07) is 12.6. The summed E-state index contributed by atoms with van der Waals surface area (Å²) >= 11 is 0. The van der Waals surface area contributed by atoms with Gasteiger partial charge < -0.3 is 4.42 Å². The second-order valence-electron chi connectivity index (χ2n) is 5.86. The third-order valence-electron chi connectivity index (χ3n) is 4.00. The van der Waals surface area contributed by atoms with Crippen LogP contribution in [-0.4, -0.2) is 30.6 Å². The molecular formula is C18H16N6O3. The highest BCUT2D eigenvalue weighted by molar-refractivity contribution is 5.89. The quantitative estimate of drug-likeness (QED) is 0.541. The van der Waals surface area contributed by atoms with E-state index >= 15 is 0 Å². The van der Waals surface area contributed by atoms with Crippen LogP contribution in [0.4, 0.5) is 5.95 Å². The van der Waals surface area contributed by atoms with Gasteiger partial charge in [0.15, 0.2) is 11.4 Å². The normalized spacial score (nSPS) is 11.0. The first-order chi connectivity index (χ1) is 13.2. The van der Waals surface area contributed by atoms with E-state index in [0.717, 1.165) is 5.52 Å². The molecule has 4 rings (SSSR count). The van der Waals surface area contributed by atoms with Crippen LogP contribution in [0.1, 0.15) is 12.8 Å². The van der Waals surface area contributed by atoms with Gasteiger partial charge >= 0.3 is 5.76 Å². The number of nitrogens with zero attached hydrogens (tertiary/aromatic N) is 4. The number of aryl methyl sites for hydroxylation is 1. The van der Waals surface area contributed by atoms with Crippen LogP contribution in [0.3, 0.4) is 0 Å². The Morgan fingerprint density at radius 2 is 2.04 bits per heavy atom. The first-order valence-electron chi connectivity index (χ1n) is 8.43. The number of anilines is 1. The molecule has 1 amide bonds. The largest absolute Gasteiger partial charge is 0.419 e. The van der Waals surface area contributed by atoms with Crippen molar-refractivity contribution in [2.24, 2.45) is 0 Å². The Morgan fingerprint density at radius 3 is 2.89 bits per heavy atom. The van der Waals surface area contributed by atoms with E-state index in [4.69, 9.17) is 4.42 Å². The molecule has 3 aromatic heterocycles. The number of benzene rings is 1. The highest BCUT2D eigenvalue weighted by Gasteiger charge is 2.11. The Morgan fingerprint density at radius 1 is 1.19 bits per heavy atom. The zero-order valence-electron chi connectivity index (χ0n) is 14.3. The number of carbonyl (C=O) groups excluding carboxylic acids is 1. The fourth-order valence-corrected chi connectivity index (χ4v) is 2.75. The molecule has 0 bridgehead atoms. The SMILES string of the molecule is O=C(CCCn1c(=O)oc2ccccc21)Nc1n[nH]c(-c2ccccn2)n1. The minimum atomic E-state index is -0.425. The number of aromatic nitrogens is 5. The van der Waals surface area contributed by atoms with E-state index in [0.29, 0.717) is 30.1 Å². The van der Waals surface area contributed by atoms with Gasteiger partial charge in [0, 0.05) is 19.2 Å². The van der Waals surface area contributed by atoms with Crippen molar-refractivity contribution in [1.82, 2.24) is 24.7 Å².